The molecule has 11 heteroatoms. The number of aliphatic hydroxyl groups is 1. The van der Waals surface area contributed by atoms with Gasteiger partial charge >= 0.3 is 29.8 Å². The maximum atomic E-state index is 14.7. The topological polar surface area (TPSA) is 82.1 Å². The van der Waals surface area contributed by atoms with Crippen molar-refractivity contribution in [1.82, 2.24) is 0 Å². The van der Waals surface area contributed by atoms with Crippen LogP contribution in [0, 0.1) is 5.41 Å². The molecule has 3 unspecified atom stereocenters. The van der Waals surface area contributed by atoms with Gasteiger partial charge in [0.15, 0.2) is 5.60 Å². The molecule has 0 aliphatic carbocycles. The molecule has 0 spiro atoms. The summed E-state index contributed by atoms with van der Waals surface area (Å²) in [6.07, 6.45) is -5.18. The predicted molar refractivity (Wildman–Crippen MR) is 71.3 cm³/mol. The van der Waals surface area contributed by atoms with E-state index in [1.54, 1.807) is 0 Å². The zero-order valence-corrected chi connectivity index (χ0v) is 13.6. The van der Waals surface area contributed by atoms with E-state index in [9.17, 15) is 36.6 Å². The Morgan fingerprint density at radius 1 is 1.32 bits per heavy atom. The Hall–Kier alpha value is -1.75. The maximum absolute atomic E-state index is 14.7. The molecule has 0 aromatic rings. The standard InChI is InChI=1S/C14H17F5O6/c1-5-9(21)23-6-10(3)7-24-13(22,14(17,18)19)12(15,16)11(10,4)25-8(2)20/h5,22H,1,6-7H2,2-4H3. The van der Waals surface area contributed by atoms with E-state index in [1.807, 2.05) is 0 Å². The second kappa shape index (κ2) is 6.20. The minimum atomic E-state index is -5.89. The molecular formula is C14H17F5O6. The van der Waals surface area contributed by atoms with Gasteiger partial charge in [-0.3, -0.25) is 4.79 Å². The van der Waals surface area contributed by atoms with Crippen molar-refractivity contribution >= 4 is 11.9 Å². The van der Waals surface area contributed by atoms with Crippen LogP contribution in [0.1, 0.15) is 20.8 Å². The molecule has 0 bridgehead atoms. The normalized spacial score (nSPS) is 34.9. The Bertz CT molecular complexity index is 577. The minimum Gasteiger partial charge on any atom is -0.462 e. The first-order valence-electron chi connectivity index (χ1n) is 6.87. The van der Waals surface area contributed by atoms with E-state index in [2.05, 4.69) is 20.8 Å². The Balaban J connectivity index is 3.47. The number of ether oxygens (including phenoxy) is 3. The quantitative estimate of drug-likeness (QED) is 0.459. The highest BCUT2D eigenvalue weighted by Crippen LogP contribution is 2.59. The SMILES string of the molecule is C=CC(=O)OCC1(C)COC(O)(C(F)(F)F)C(F)(F)C1(C)OC(C)=O. The summed E-state index contributed by atoms with van der Waals surface area (Å²) in [5.41, 5.74) is -5.33. The fraction of sp³-hybridized carbons (Fsp3) is 0.714. The highest BCUT2D eigenvalue weighted by atomic mass is 19.4. The van der Waals surface area contributed by atoms with Crippen molar-refractivity contribution in [1.29, 1.82) is 0 Å². The van der Waals surface area contributed by atoms with Crippen LogP contribution in [0.3, 0.4) is 0 Å². The van der Waals surface area contributed by atoms with Gasteiger partial charge in [0, 0.05) is 13.0 Å². The average molecular weight is 376 g/mol. The number of hydrogen-bond donors (Lipinski definition) is 1. The van der Waals surface area contributed by atoms with E-state index in [4.69, 9.17) is 0 Å². The van der Waals surface area contributed by atoms with Crippen LogP contribution >= 0.6 is 0 Å². The van der Waals surface area contributed by atoms with Crippen molar-refractivity contribution in [3.63, 3.8) is 0 Å². The zero-order chi connectivity index (χ0) is 19.9. The molecule has 1 saturated heterocycles. The molecule has 1 aliphatic rings. The molecule has 3 atom stereocenters. The minimum absolute atomic E-state index is 0.509. The van der Waals surface area contributed by atoms with Crippen LogP contribution in [0.25, 0.3) is 0 Å². The summed E-state index contributed by atoms with van der Waals surface area (Å²) < 4.78 is 81.8. The number of halogens is 5. The van der Waals surface area contributed by atoms with Gasteiger partial charge in [-0.2, -0.15) is 22.0 Å². The second-order valence-electron chi connectivity index (χ2n) is 6.00. The van der Waals surface area contributed by atoms with Gasteiger partial charge < -0.3 is 19.3 Å². The summed E-state index contributed by atoms with van der Waals surface area (Å²) in [6, 6.07) is 0. The highest BCUT2D eigenvalue weighted by molar-refractivity contribution is 5.81. The largest absolute Gasteiger partial charge is 0.462 e. The van der Waals surface area contributed by atoms with Crippen LogP contribution in [0.4, 0.5) is 22.0 Å². The summed E-state index contributed by atoms with van der Waals surface area (Å²) in [5.74, 6) is -12.4. The van der Waals surface area contributed by atoms with Crippen LogP contribution in [0.2, 0.25) is 0 Å². The third-order valence-corrected chi connectivity index (χ3v) is 4.21. The molecule has 144 valence electrons. The van der Waals surface area contributed by atoms with Crippen molar-refractivity contribution < 1.29 is 50.9 Å². The lowest BCUT2D eigenvalue weighted by molar-refractivity contribution is -0.488. The van der Waals surface area contributed by atoms with Crippen molar-refractivity contribution in [2.45, 2.75) is 44.3 Å². The molecule has 1 fully saturated rings. The summed E-state index contributed by atoms with van der Waals surface area (Å²) in [4.78, 5) is 22.4. The number of hydrogen-bond acceptors (Lipinski definition) is 6. The molecule has 0 radical (unpaired) electrons. The van der Waals surface area contributed by atoms with Gasteiger partial charge in [0.25, 0.3) is 0 Å². The van der Waals surface area contributed by atoms with Crippen LogP contribution in [-0.2, 0) is 23.8 Å². The van der Waals surface area contributed by atoms with Crippen LogP contribution in [-0.4, -0.2) is 53.7 Å². The van der Waals surface area contributed by atoms with E-state index >= 15 is 0 Å². The van der Waals surface area contributed by atoms with Gasteiger partial charge in [-0.15, -0.1) is 0 Å². The summed E-state index contributed by atoms with van der Waals surface area (Å²) in [7, 11) is 0. The van der Waals surface area contributed by atoms with E-state index in [1.165, 1.54) is 0 Å². The first-order valence-corrected chi connectivity index (χ1v) is 6.87. The average Bonchev–Trinajstić information content (AvgIpc) is 2.46. The third kappa shape index (κ3) is 3.10. The van der Waals surface area contributed by atoms with E-state index in [0.29, 0.717) is 19.9 Å². The molecule has 0 aromatic heterocycles. The summed E-state index contributed by atoms with van der Waals surface area (Å²) in [6.45, 7) is 3.24. The van der Waals surface area contributed by atoms with Crippen LogP contribution in [0.15, 0.2) is 12.7 Å². The Kier molecular flexibility index (Phi) is 5.28. The van der Waals surface area contributed by atoms with Crippen molar-refractivity contribution in [2.24, 2.45) is 5.41 Å². The first kappa shape index (κ1) is 21.3. The Morgan fingerprint density at radius 3 is 2.24 bits per heavy atom. The molecule has 25 heavy (non-hydrogen) atoms. The summed E-state index contributed by atoms with van der Waals surface area (Å²) in [5, 5.41) is 9.53. The number of alkyl halides is 5. The van der Waals surface area contributed by atoms with Crippen molar-refractivity contribution in [3.05, 3.63) is 12.7 Å². The molecule has 1 heterocycles. The van der Waals surface area contributed by atoms with Crippen LogP contribution < -0.4 is 0 Å². The monoisotopic (exact) mass is 376 g/mol. The van der Waals surface area contributed by atoms with E-state index in [0.717, 1.165) is 6.92 Å². The molecular weight excluding hydrogens is 359 g/mol. The molecule has 0 amide bonds. The van der Waals surface area contributed by atoms with Crippen molar-refractivity contribution in [3.8, 4) is 0 Å². The molecule has 1 aliphatic heterocycles. The lowest BCUT2D eigenvalue weighted by atomic mass is 9.67. The number of carbonyl (C=O) groups excluding carboxylic acids is 2. The number of rotatable bonds is 4. The van der Waals surface area contributed by atoms with E-state index < -0.39 is 54.1 Å². The lowest BCUT2D eigenvalue weighted by Gasteiger charge is -2.56. The van der Waals surface area contributed by atoms with Gasteiger partial charge in [0.05, 0.1) is 12.0 Å². The molecule has 1 rings (SSSR count). The van der Waals surface area contributed by atoms with Crippen LogP contribution in [0.5, 0.6) is 0 Å². The molecule has 6 nitrogen and oxygen atoms in total. The third-order valence-electron chi connectivity index (χ3n) is 4.21. The zero-order valence-electron chi connectivity index (χ0n) is 13.6. The molecule has 0 saturated carbocycles. The van der Waals surface area contributed by atoms with Crippen molar-refractivity contribution in [2.75, 3.05) is 13.2 Å². The maximum Gasteiger partial charge on any atom is 0.449 e. The second-order valence-corrected chi connectivity index (χ2v) is 6.00. The Labute approximate surface area is 139 Å². The predicted octanol–water partition coefficient (Wildman–Crippen LogP) is 1.96. The fourth-order valence-electron chi connectivity index (χ4n) is 2.40. The Morgan fingerprint density at radius 2 is 1.84 bits per heavy atom. The van der Waals surface area contributed by atoms with Gasteiger partial charge in [0.2, 0.25) is 0 Å². The number of carbonyl (C=O) groups is 2. The van der Waals surface area contributed by atoms with Gasteiger partial charge in [-0.25, -0.2) is 4.79 Å². The molecule has 0 aromatic carbocycles. The van der Waals surface area contributed by atoms with Gasteiger partial charge in [-0.1, -0.05) is 13.5 Å². The summed E-state index contributed by atoms with van der Waals surface area (Å²) >= 11 is 0. The highest BCUT2D eigenvalue weighted by Gasteiger charge is 2.84. The first-order chi connectivity index (χ1) is 11.1. The van der Waals surface area contributed by atoms with Gasteiger partial charge in [-0.05, 0) is 6.92 Å². The molecule has 1 N–H and O–H groups in total. The smallest absolute Gasteiger partial charge is 0.449 e. The van der Waals surface area contributed by atoms with Gasteiger partial charge in [0.1, 0.15) is 6.61 Å². The lowest BCUT2D eigenvalue weighted by Crippen LogP contribution is -2.79. The number of esters is 2. The van der Waals surface area contributed by atoms with E-state index in [-0.39, 0.29) is 0 Å². The fourth-order valence-corrected chi connectivity index (χ4v) is 2.40.